The average Bonchev–Trinajstić information content (AvgIpc) is 2.64. The van der Waals surface area contributed by atoms with Crippen LogP contribution < -0.4 is 0 Å². The van der Waals surface area contributed by atoms with Crippen molar-refractivity contribution in [2.24, 2.45) is 0 Å². The Bertz CT molecular complexity index is 920. The molecule has 0 spiro atoms. The van der Waals surface area contributed by atoms with E-state index >= 15 is 0 Å². The smallest absolute Gasteiger partial charge is 0.123 e. The molecule has 0 aromatic heterocycles. The second-order valence-corrected chi connectivity index (χ2v) is 5.03. The molecule has 0 saturated heterocycles. The van der Waals surface area contributed by atoms with Gasteiger partial charge in [-0.15, -0.1) is 0 Å². The zero-order chi connectivity index (χ0) is 17.4. The number of hydrogen-bond acceptors (Lipinski definition) is 3. The van der Waals surface area contributed by atoms with Crippen LogP contribution in [0, 0.1) is 0 Å². The van der Waals surface area contributed by atoms with Gasteiger partial charge in [-0.1, -0.05) is 66.7 Å². The summed E-state index contributed by atoms with van der Waals surface area (Å²) in [7, 11) is 0. The van der Waals surface area contributed by atoms with Gasteiger partial charge in [-0.2, -0.15) is 0 Å². The molecule has 0 aliphatic carbocycles. The summed E-state index contributed by atoms with van der Waals surface area (Å²) >= 11 is 0. The summed E-state index contributed by atoms with van der Waals surface area (Å²) in [5, 5.41) is 22.7. The molecule has 2 N–H and O–H groups in total. The Morgan fingerprint density at radius 3 is 1.88 bits per heavy atom. The topological polar surface area (TPSA) is 57.5 Å². The minimum absolute atomic E-state index is 0.323. The van der Waals surface area contributed by atoms with Crippen molar-refractivity contribution in [1.82, 2.24) is 0 Å². The molecule has 0 radical (unpaired) electrons. The van der Waals surface area contributed by atoms with Gasteiger partial charge >= 0.3 is 0 Å². The lowest BCUT2D eigenvalue weighted by Gasteiger charge is -1.97. The first-order valence-electron chi connectivity index (χ1n) is 7.37. The van der Waals surface area contributed by atoms with Crippen LogP contribution in [0.3, 0.4) is 0 Å². The van der Waals surface area contributed by atoms with Crippen molar-refractivity contribution >= 4 is 28.3 Å². The third kappa shape index (κ3) is 4.11. The zero-order valence-electron chi connectivity index (χ0n) is 13.1. The van der Waals surface area contributed by atoms with Crippen LogP contribution in [0.5, 0.6) is 11.5 Å². The highest BCUT2D eigenvalue weighted by atomic mass is 16.3. The monoisotopic (exact) mass is 318 g/mol. The Balaban J connectivity index is 0.000000158. The van der Waals surface area contributed by atoms with E-state index in [-0.39, 0.29) is 0 Å². The van der Waals surface area contributed by atoms with Crippen molar-refractivity contribution in [3.8, 4) is 11.5 Å². The lowest BCUT2D eigenvalue weighted by molar-refractivity contribution is -0.0979. The number of rotatable bonds is 0. The summed E-state index contributed by atoms with van der Waals surface area (Å²) in [5.41, 5.74) is 0. The van der Waals surface area contributed by atoms with Crippen molar-refractivity contribution in [1.29, 1.82) is 0 Å². The van der Waals surface area contributed by atoms with Crippen LogP contribution in [0.1, 0.15) is 0 Å². The van der Waals surface area contributed by atoms with E-state index in [9.17, 15) is 5.11 Å². The van der Waals surface area contributed by atoms with Crippen LogP contribution in [0.4, 0.5) is 0 Å². The first kappa shape index (κ1) is 17.0. The number of benzene rings is 4. The van der Waals surface area contributed by atoms with E-state index in [1.54, 1.807) is 18.2 Å². The lowest BCUT2D eigenvalue weighted by Crippen LogP contribution is -1.70. The molecule has 0 fully saturated rings. The van der Waals surface area contributed by atoms with Gasteiger partial charge in [0.15, 0.2) is 0 Å². The number of fused-ring (bicyclic) bond motifs is 2. The molecular weight excluding hydrogens is 300 g/mol. The fourth-order valence-corrected chi connectivity index (χ4v) is 2.39. The van der Waals surface area contributed by atoms with E-state index in [0.717, 1.165) is 21.5 Å². The third-order valence-electron chi connectivity index (χ3n) is 3.50. The number of carbonyl (C=O) groups excluding carboxylic acids is 1. The van der Waals surface area contributed by atoms with E-state index in [1.807, 2.05) is 73.5 Å². The van der Waals surface area contributed by atoms with Crippen molar-refractivity contribution in [3.05, 3.63) is 84.9 Å². The molecule has 4 aromatic rings. The van der Waals surface area contributed by atoms with Gasteiger partial charge in [-0.25, -0.2) is 0 Å². The highest BCUT2D eigenvalue weighted by Crippen LogP contribution is 2.23. The molecule has 24 heavy (non-hydrogen) atoms. The first-order chi connectivity index (χ1) is 11.7. The van der Waals surface area contributed by atoms with E-state index < -0.39 is 0 Å². The second kappa shape index (κ2) is 8.34. The average molecular weight is 318 g/mol. The number of aromatic hydroxyl groups is 2. The van der Waals surface area contributed by atoms with E-state index in [4.69, 9.17) is 9.90 Å². The van der Waals surface area contributed by atoms with E-state index in [2.05, 4.69) is 0 Å². The zero-order valence-corrected chi connectivity index (χ0v) is 13.1. The summed E-state index contributed by atoms with van der Waals surface area (Å²) in [6.45, 7) is 2.00. The quantitative estimate of drug-likeness (QED) is 0.484. The summed E-state index contributed by atoms with van der Waals surface area (Å²) in [6.07, 6.45) is 0. The second-order valence-electron chi connectivity index (χ2n) is 5.03. The van der Waals surface area contributed by atoms with Crippen molar-refractivity contribution in [2.75, 3.05) is 0 Å². The maximum Gasteiger partial charge on any atom is 0.123 e. The number of phenolic OH excluding ortho intramolecular Hbond substituents is 2. The van der Waals surface area contributed by atoms with Crippen LogP contribution in [0.15, 0.2) is 84.9 Å². The van der Waals surface area contributed by atoms with Gasteiger partial charge < -0.3 is 15.0 Å². The Morgan fingerprint density at radius 1 is 0.583 bits per heavy atom. The van der Waals surface area contributed by atoms with Crippen molar-refractivity contribution < 1.29 is 15.0 Å². The minimum Gasteiger partial charge on any atom is -0.508 e. The molecule has 120 valence electrons. The predicted molar refractivity (Wildman–Crippen MR) is 98.3 cm³/mol. The molecule has 4 aromatic carbocycles. The molecule has 0 amide bonds. The third-order valence-corrected chi connectivity index (χ3v) is 3.50. The Hall–Kier alpha value is -3.33. The van der Waals surface area contributed by atoms with E-state index in [1.165, 1.54) is 0 Å². The van der Waals surface area contributed by atoms with Crippen LogP contribution in [-0.2, 0) is 4.79 Å². The van der Waals surface area contributed by atoms with Crippen molar-refractivity contribution in [3.63, 3.8) is 0 Å². The Labute approximate surface area is 140 Å². The van der Waals surface area contributed by atoms with Gasteiger partial charge in [0.2, 0.25) is 0 Å². The largest absolute Gasteiger partial charge is 0.508 e. The highest BCUT2D eigenvalue weighted by molar-refractivity contribution is 5.87. The molecule has 0 heterocycles. The Kier molecular flexibility index (Phi) is 5.92. The summed E-state index contributed by atoms with van der Waals surface area (Å²) in [6, 6.07) is 26.6. The van der Waals surface area contributed by atoms with Gasteiger partial charge in [-0.3, -0.25) is 0 Å². The SMILES string of the molecule is C=O.Oc1ccc2ccccc2c1.Oc1cccc2ccccc12. The number of carbonyl (C=O) groups is 1. The standard InChI is InChI=1S/2C10H8O.CH2O/c11-10-7-3-5-8-4-1-2-6-9(8)10;11-10-6-5-8-3-1-2-4-9(8)7-10;1-2/h2*1-7,11H;1H2. The molecule has 0 bridgehead atoms. The van der Waals surface area contributed by atoms with Crippen molar-refractivity contribution in [2.45, 2.75) is 0 Å². The van der Waals surface area contributed by atoms with Crippen LogP contribution in [0.25, 0.3) is 21.5 Å². The molecule has 4 rings (SSSR count). The van der Waals surface area contributed by atoms with Crippen LogP contribution in [0.2, 0.25) is 0 Å². The summed E-state index contributed by atoms with van der Waals surface area (Å²) < 4.78 is 0. The fraction of sp³-hybridized carbons (Fsp3) is 0. The van der Waals surface area contributed by atoms with Gasteiger partial charge in [-0.05, 0) is 34.4 Å². The van der Waals surface area contributed by atoms with E-state index in [0.29, 0.717) is 11.5 Å². The number of phenols is 2. The highest BCUT2D eigenvalue weighted by Gasteiger charge is 1.94. The number of hydrogen-bond donors (Lipinski definition) is 2. The lowest BCUT2D eigenvalue weighted by atomic mass is 10.1. The van der Waals surface area contributed by atoms with Gasteiger partial charge in [0.1, 0.15) is 18.3 Å². The predicted octanol–water partition coefficient (Wildman–Crippen LogP) is 4.91. The van der Waals surface area contributed by atoms with Gasteiger partial charge in [0.05, 0.1) is 0 Å². The molecule has 0 saturated carbocycles. The maximum absolute atomic E-state index is 9.37. The molecular formula is C21H18O3. The summed E-state index contributed by atoms with van der Waals surface area (Å²) in [5.74, 6) is 0.673. The first-order valence-corrected chi connectivity index (χ1v) is 7.37. The molecule has 0 atom stereocenters. The molecule has 0 aliphatic rings. The maximum atomic E-state index is 9.37. The van der Waals surface area contributed by atoms with Crippen LogP contribution in [-0.4, -0.2) is 17.0 Å². The minimum atomic E-state index is 0.323. The molecule has 3 nitrogen and oxygen atoms in total. The van der Waals surface area contributed by atoms with Gasteiger partial charge in [0.25, 0.3) is 0 Å². The molecule has 3 heteroatoms. The molecule has 0 aliphatic heterocycles. The Morgan fingerprint density at radius 2 is 1.17 bits per heavy atom. The fourth-order valence-electron chi connectivity index (χ4n) is 2.39. The van der Waals surface area contributed by atoms with Crippen LogP contribution >= 0.6 is 0 Å². The van der Waals surface area contributed by atoms with Gasteiger partial charge in [0, 0.05) is 5.39 Å². The summed E-state index contributed by atoms with van der Waals surface area (Å²) in [4.78, 5) is 8.00. The normalized spacial score (nSPS) is 9.50. The molecule has 0 unspecified atom stereocenters.